The van der Waals surface area contributed by atoms with Crippen LogP contribution in [0.5, 0.6) is 0 Å². The Labute approximate surface area is 59.1 Å². The second kappa shape index (κ2) is 2.26. The fourth-order valence-corrected chi connectivity index (χ4v) is 1.21. The van der Waals surface area contributed by atoms with Crippen molar-refractivity contribution in [3.63, 3.8) is 0 Å². The number of carboxylic acids is 1. The Morgan fingerprint density at radius 1 is 2.22 bits per heavy atom. The molecule has 0 aromatic carbocycles. The van der Waals surface area contributed by atoms with Crippen molar-refractivity contribution in [1.82, 2.24) is 0 Å². The molecule has 1 heterocycles. The van der Waals surface area contributed by atoms with Crippen LogP contribution in [0.25, 0.3) is 0 Å². The van der Waals surface area contributed by atoms with Gasteiger partial charge in [-0.1, -0.05) is 11.8 Å². The number of hydrogen-bond donors (Lipinski definition) is 2. The number of nitrogens with two attached hydrogens (primary N) is 1. The highest BCUT2D eigenvalue weighted by molar-refractivity contribution is 8.14. The van der Waals surface area contributed by atoms with Crippen molar-refractivity contribution >= 4 is 22.9 Å². The van der Waals surface area contributed by atoms with E-state index in [1.54, 1.807) is 0 Å². The summed E-state index contributed by atoms with van der Waals surface area (Å²) in [6.45, 7) is 0. The van der Waals surface area contributed by atoms with Gasteiger partial charge in [-0.05, 0) is 0 Å². The summed E-state index contributed by atoms with van der Waals surface area (Å²) < 4.78 is 13.5. The molecule has 0 radical (unpaired) electrons. The molecule has 0 aliphatic carbocycles. The maximum Gasteiger partial charge on any atom is 0.329 e. The highest BCUT2D eigenvalue weighted by atomic mass is 32.2. The zero-order chi connectivity index (χ0) is 8.43. The van der Waals surface area contributed by atoms with Crippen molar-refractivity contribution in [2.24, 2.45) is 10.7 Å². The van der Waals surface area contributed by atoms with Crippen LogP contribution in [0.2, 0.25) is 2.82 Å². The first-order chi connectivity index (χ1) is 5.11. The van der Waals surface area contributed by atoms with Crippen molar-refractivity contribution < 1.29 is 12.7 Å². The molecule has 0 bridgehead atoms. The normalized spacial score (nSPS) is 28.4. The van der Waals surface area contributed by atoms with Crippen molar-refractivity contribution in [2.75, 3.05) is 5.75 Å². The molecule has 0 amide bonds. The molecule has 0 saturated heterocycles. The molecule has 5 heteroatoms. The summed E-state index contributed by atoms with van der Waals surface area (Å²) in [5, 5.41) is 8.59. The van der Waals surface area contributed by atoms with E-state index in [0.29, 0.717) is 11.5 Å². The Morgan fingerprint density at radius 3 is 3.33 bits per heavy atom. The smallest absolute Gasteiger partial charge is 0.329 e. The lowest BCUT2D eigenvalue weighted by atomic mass is 10.4. The Morgan fingerprint density at radius 2 is 3.00 bits per heavy atom. The molecule has 50 valence electrons. The van der Waals surface area contributed by atoms with E-state index in [0.717, 1.165) is 11.8 Å². The summed E-state index contributed by atoms with van der Waals surface area (Å²) in [5.74, 6) is -0.687. The number of amidine groups is 1. The fraction of sp³-hybridized carbons (Fsp3) is 0.500. The largest absolute Gasteiger partial charge is 0.480 e. The van der Waals surface area contributed by atoms with Crippen LogP contribution in [0.3, 0.4) is 0 Å². The van der Waals surface area contributed by atoms with Crippen LogP contribution >= 0.6 is 11.8 Å². The minimum atomic E-state index is -1.01. The van der Waals surface area contributed by atoms with Gasteiger partial charge in [0.05, 0.1) is 0 Å². The predicted molar refractivity (Wildman–Crippen MR) is 35.5 cm³/mol. The van der Waals surface area contributed by atoms with Crippen LogP contribution in [0.1, 0.15) is 0 Å². The van der Waals surface area contributed by atoms with Crippen molar-refractivity contribution in [1.29, 1.82) is 0 Å². The topological polar surface area (TPSA) is 75.7 Å². The molecular formula is C4H6N2O2S. The first-order valence-electron chi connectivity index (χ1n) is 3.22. The summed E-state index contributed by atoms with van der Waals surface area (Å²) in [5.41, 5.74) is 0.327. The van der Waals surface area contributed by atoms with E-state index in [4.69, 9.17) is 7.93 Å². The van der Waals surface area contributed by atoms with E-state index in [1.807, 2.05) is 0 Å². The highest BCUT2D eigenvalue weighted by Crippen LogP contribution is 2.14. The van der Waals surface area contributed by atoms with Gasteiger partial charge in [-0.3, -0.25) is 0 Å². The molecule has 1 aliphatic rings. The van der Waals surface area contributed by atoms with E-state index >= 15 is 0 Å². The fourth-order valence-electron chi connectivity index (χ4n) is 0.488. The standard InChI is InChI=1S/C4H6N2O2S/c5-4-6-2(1-9-4)3(7)8/h2H,1H2,(H2,5,6)(H,7,8)/i/hD2. The summed E-state index contributed by atoms with van der Waals surface area (Å²) in [6.07, 6.45) is 0. The molecular weight excluding hydrogens is 140 g/mol. The second-order valence-corrected chi connectivity index (χ2v) is 2.56. The maximum atomic E-state index is 10.3. The van der Waals surface area contributed by atoms with Crippen LogP contribution in [0, 0.1) is 0 Å². The molecule has 0 aromatic heterocycles. The van der Waals surface area contributed by atoms with Crippen LogP contribution in [0.15, 0.2) is 4.99 Å². The van der Waals surface area contributed by atoms with E-state index in [2.05, 4.69) is 4.99 Å². The second-order valence-electron chi connectivity index (χ2n) is 1.58. The monoisotopic (exact) mass is 148 g/mol. The Balaban J connectivity index is 2.61. The first-order valence-corrected chi connectivity index (χ1v) is 3.31. The highest BCUT2D eigenvalue weighted by Gasteiger charge is 2.22. The third kappa shape index (κ3) is 1.35. The Kier molecular flexibility index (Phi) is 1.05. The van der Waals surface area contributed by atoms with Gasteiger partial charge in [0.15, 0.2) is 14.0 Å². The minimum Gasteiger partial charge on any atom is -0.480 e. The molecule has 0 aromatic rings. The van der Waals surface area contributed by atoms with Gasteiger partial charge in [-0.2, -0.15) is 0 Å². The van der Waals surface area contributed by atoms with Gasteiger partial charge in [0, 0.05) is 5.75 Å². The summed E-state index contributed by atoms with van der Waals surface area (Å²) >= 11 is 1.11. The zero-order valence-electron chi connectivity index (χ0n) is 6.44. The third-order valence-electron chi connectivity index (χ3n) is 0.922. The van der Waals surface area contributed by atoms with Gasteiger partial charge >= 0.3 is 5.97 Å². The van der Waals surface area contributed by atoms with Crippen LogP contribution in [-0.2, 0) is 4.79 Å². The average molecular weight is 148 g/mol. The molecule has 3 N–H and O–H groups in total. The first kappa shape index (κ1) is 4.16. The molecule has 1 unspecified atom stereocenters. The van der Waals surface area contributed by atoms with Crippen LogP contribution in [0.4, 0.5) is 0 Å². The van der Waals surface area contributed by atoms with E-state index in [-0.39, 0.29) is 5.17 Å². The lowest BCUT2D eigenvalue weighted by molar-refractivity contribution is -0.137. The predicted octanol–water partition coefficient (Wildman–Crippen LogP) is -0.499. The van der Waals surface area contributed by atoms with Crippen molar-refractivity contribution in [3.8, 4) is 0 Å². The Hall–Kier alpha value is -0.710. The van der Waals surface area contributed by atoms with Crippen molar-refractivity contribution in [2.45, 2.75) is 6.04 Å². The van der Waals surface area contributed by atoms with Crippen LogP contribution in [-0.4, -0.2) is 28.0 Å². The number of aliphatic carboxylic acids is 1. The summed E-state index contributed by atoms with van der Waals surface area (Å²) in [6, 6.07) is -0.784. The number of nitrogens with zero attached hydrogens (tertiary/aromatic N) is 1. The molecule has 1 aliphatic heterocycles. The molecule has 9 heavy (non-hydrogen) atoms. The van der Waals surface area contributed by atoms with E-state index in [1.165, 1.54) is 0 Å². The molecule has 0 saturated carbocycles. The maximum absolute atomic E-state index is 10.3. The van der Waals surface area contributed by atoms with Crippen LogP contribution < -0.4 is 5.72 Å². The number of carbonyl (C=O) groups is 1. The lowest BCUT2D eigenvalue weighted by Crippen LogP contribution is -2.17. The average Bonchev–Trinajstić information content (AvgIpc) is 2.33. The minimum absolute atomic E-state index is 0.136. The summed E-state index contributed by atoms with van der Waals surface area (Å²) in [4.78, 5) is 13.9. The molecule has 0 spiro atoms. The van der Waals surface area contributed by atoms with Gasteiger partial charge in [-0.15, -0.1) is 0 Å². The van der Waals surface area contributed by atoms with Gasteiger partial charge in [0.1, 0.15) is 0 Å². The molecule has 0 fully saturated rings. The lowest BCUT2D eigenvalue weighted by Gasteiger charge is -1.93. The Bertz CT molecular complexity index is 208. The SMILES string of the molecule is [2H]N([2H])C1=NC(C(=O)O)CS1. The number of hydrogen-bond acceptors (Lipinski definition) is 4. The number of aliphatic imine (C=N–C) groups is 1. The van der Waals surface area contributed by atoms with Gasteiger partial charge in [-0.25, -0.2) is 9.79 Å². The zero-order valence-corrected chi connectivity index (χ0v) is 5.26. The summed E-state index contributed by atoms with van der Waals surface area (Å²) in [7, 11) is 0. The van der Waals surface area contributed by atoms with Gasteiger partial charge < -0.3 is 10.8 Å². The third-order valence-corrected chi connectivity index (χ3v) is 1.77. The quantitative estimate of drug-likeness (QED) is 0.525. The molecule has 1 rings (SSSR count). The van der Waals surface area contributed by atoms with Gasteiger partial charge in [0.2, 0.25) is 0 Å². The van der Waals surface area contributed by atoms with E-state index in [9.17, 15) is 4.79 Å². The van der Waals surface area contributed by atoms with Gasteiger partial charge in [0.25, 0.3) is 0 Å². The molecule has 4 nitrogen and oxygen atoms in total. The van der Waals surface area contributed by atoms with E-state index < -0.39 is 12.0 Å². The number of rotatable bonds is 1. The molecule has 1 atom stereocenters. The van der Waals surface area contributed by atoms with Crippen molar-refractivity contribution in [3.05, 3.63) is 0 Å². The number of carboxylic acid groups (broad SMARTS) is 1. The number of thioether (sulfide) groups is 1.